The van der Waals surface area contributed by atoms with E-state index in [1.807, 2.05) is 82.3 Å². The van der Waals surface area contributed by atoms with E-state index in [1.165, 1.54) is 0 Å². The average Bonchev–Trinajstić information content (AvgIpc) is 3.33. The van der Waals surface area contributed by atoms with Crippen molar-refractivity contribution in [2.45, 2.75) is 46.7 Å². The number of aromatic nitrogens is 2. The van der Waals surface area contributed by atoms with E-state index < -0.39 is 6.04 Å². The minimum Gasteiger partial charge on any atom is -0.467 e. The molecule has 33 heavy (non-hydrogen) atoms. The Bertz CT molecular complexity index is 1300. The Morgan fingerprint density at radius 2 is 1.79 bits per heavy atom. The zero-order chi connectivity index (χ0) is 23.5. The van der Waals surface area contributed by atoms with Crippen molar-refractivity contribution in [1.82, 2.24) is 14.5 Å². The van der Waals surface area contributed by atoms with Gasteiger partial charge in [0.15, 0.2) is 0 Å². The van der Waals surface area contributed by atoms with Gasteiger partial charge < -0.3 is 9.32 Å². The second kappa shape index (κ2) is 9.45. The molecule has 0 aliphatic heterocycles. The van der Waals surface area contributed by atoms with Crippen LogP contribution in [-0.4, -0.2) is 20.4 Å². The highest BCUT2D eigenvalue weighted by Crippen LogP contribution is 2.29. The normalized spacial score (nSPS) is 12.3. The van der Waals surface area contributed by atoms with Gasteiger partial charge in [0.1, 0.15) is 11.6 Å². The van der Waals surface area contributed by atoms with Crippen LogP contribution < -0.4 is 5.56 Å². The molecule has 0 radical (unpaired) electrons. The molecule has 4 rings (SSSR count). The summed E-state index contributed by atoms with van der Waals surface area (Å²) in [4.78, 5) is 33.8. The van der Waals surface area contributed by atoms with Crippen molar-refractivity contribution in [3.8, 4) is 5.69 Å². The fourth-order valence-corrected chi connectivity index (χ4v) is 4.10. The molecule has 6 nitrogen and oxygen atoms in total. The number of amides is 1. The van der Waals surface area contributed by atoms with Gasteiger partial charge in [-0.25, -0.2) is 4.98 Å². The molecular formula is C27H29N3O3. The van der Waals surface area contributed by atoms with Crippen molar-refractivity contribution < 1.29 is 9.21 Å². The summed E-state index contributed by atoms with van der Waals surface area (Å²) in [5.74, 6) is 1.00. The van der Waals surface area contributed by atoms with Gasteiger partial charge in [-0.05, 0) is 49.7 Å². The summed E-state index contributed by atoms with van der Waals surface area (Å²) in [6.07, 6.45) is 2.20. The predicted octanol–water partition coefficient (Wildman–Crippen LogP) is 5.42. The fraction of sp³-hybridized carbons (Fsp3) is 0.296. The third-order valence-corrected chi connectivity index (χ3v) is 5.84. The number of carbonyl (C=O) groups is 1. The number of rotatable bonds is 7. The Labute approximate surface area is 193 Å². The molecular weight excluding hydrogens is 414 g/mol. The van der Waals surface area contributed by atoms with E-state index in [4.69, 9.17) is 9.40 Å². The lowest BCUT2D eigenvalue weighted by Crippen LogP contribution is -2.40. The van der Waals surface area contributed by atoms with Crippen LogP contribution in [0, 0.1) is 12.8 Å². The summed E-state index contributed by atoms with van der Waals surface area (Å²) in [5, 5.41) is 0.546. The van der Waals surface area contributed by atoms with Crippen molar-refractivity contribution >= 4 is 16.8 Å². The van der Waals surface area contributed by atoms with Crippen LogP contribution in [0.25, 0.3) is 16.6 Å². The quantitative estimate of drug-likeness (QED) is 0.382. The van der Waals surface area contributed by atoms with Crippen molar-refractivity contribution in [1.29, 1.82) is 0 Å². The van der Waals surface area contributed by atoms with Crippen LogP contribution in [0.5, 0.6) is 0 Å². The molecule has 0 aliphatic rings. The Kier molecular flexibility index (Phi) is 6.45. The van der Waals surface area contributed by atoms with Crippen LogP contribution in [0.15, 0.2) is 76.1 Å². The Morgan fingerprint density at radius 3 is 2.42 bits per heavy atom. The fourth-order valence-electron chi connectivity index (χ4n) is 4.10. The van der Waals surface area contributed by atoms with E-state index in [0.717, 1.165) is 11.3 Å². The van der Waals surface area contributed by atoms with Gasteiger partial charge in [0.25, 0.3) is 5.56 Å². The van der Waals surface area contributed by atoms with Gasteiger partial charge >= 0.3 is 0 Å². The van der Waals surface area contributed by atoms with Crippen LogP contribution >= 0.6 is 0 Å². The maximum absolute atomic E-state index is 13.7. The largest absolute Gasteiger partial charge is 0.467 e. The molecule has 6 heteroatoms. The van der Waals surface area contributed by atoms with Crippen LogP contribution in [0.1, 0.15) is 50.4 Å². The zero-order valence-electron chi connectivity index (χ0n) is 19.5. The third-order valence-electron chi connectivity index (χ3n) is 5.84. The molecule has 170 valence electrons. The number of fused-ring (bicyclic) bond motifs is 1. The number of nitrogens with zero attached hydrogens (tertiary/aromatic N) is 3. The topological polar surface area (TPSA) is 68.3 Å². The molecule has 4 aromatic rings. The van der Waals surface area contributed by atoms with Gasteiger partial charge in [-0.2, -0.15) is 0 Å². The van der Waals surface area contributed by atoms with Crippen LogP contribution in [-0.2, 0) is 11.3 Å². The van der Waals surface area contributed by atoms with Crippen LogP contribution in [0.3, 0.4) is 0 Å². The first-order chi connectivity index (χ1) is 15.9. The highest BCUT2D eigenvalue weighted by molar-refractivity contribution is 5.79. The summed E-state index contributed by atoms with van der Waals surface area (Å²) in [6, 6.07) is 18.4. The first kappa shape index (κ1) is 22.5. The SMILES string of the molecule is CCC(c1nc2ccccc2c(=O)n1-c1ccc(C)cc1)N(Cc1ccco1)C(=O)C(C)C. The Morgan fingerprint density at radius 1 is 1.06 bits per heavy atom. The summed E-state index contributed by atoms with van der Waals surface area (Å²) >= 11 is 0. The molecule has 1 atom stereocenters. The maximum atomic E-state index is 13.7. The van der Waals surface area contributed by atoms with Gasteiger partial charge in [0, 0.05) is 5.92 Å². The first-order valence-corrected chi connectivity index (χ1v) is 11.3. The number of furan rings is 1. The van der Waals surface area contributed by atoms with Gasteiger partial charge in [0.05, 0.1) is 35.4 Å². The molecule has 0 spiro atoms. The van der Waals surface area contributed by atoms with E-state index in [-0.39, 0.29) is 17.4 Å². The molecule has 1 amide bonds. The van der Waals surface area contributed by atoms with Gasteiger partial charge in [-0.1, -0.05) is 50.6 Å². The summed E-state index contributed by atoms with van der Waals surface area (Å²) in [5.41, 5.74) is 2.30. The Hall–Kier alpha value is -3.67. The lowest BCUT2D eigenvalue weighted by molar-refractivity contribution is -0.138. The molecule has 0 aliphatic carbocycles. The molecule has 0 saturated carbocycles. The summed E-state index contributed by atoms with van der Waals surface area (Å²) < 4.78 is 7.22. The molecule has 0 fully saturated rings. The van der Waals surface area contributed by atoms with E-state index in [0.29, 0.717) is 35.5 Å². The van der Waals surface area contributed by atoms with E-state index in [9.17, 15) is 9.59 Å². The highest BCUT2D eigenvalue weighted by Gasteiger charge is 2.31. The molecule has 0 N–H and O–H groups in total. The van der Waals surface area contributed by atoms with E-state index in [1.54, 1.807) is 21.8 Å². The van der Waals surface area contributed by atoms with Crippen LogP contribution in [0.2, 0.25) is 0 Å². The third kappa shape index (κ3) is 4.46. The lowest BCUT2D eigenvalue weighted by atomic mass is 10.1. The number of aryl methyl sites for hydroxylation is 1. The smallest absolute Gasteiger partial charge is 0.266 e. The van der Waals surface area contributed by atoms with Gasteiger partial charge in [-0.3, -0.25) is 14.2 Å². The van der Waals surface area contributed by atoms with E-state index >= 15 is 0 Å². The van der Waals surface area contributed by atoms with Crippen molar-refractivity contribution in [2.75, 3.05) is 0 Å². The number of hydrogen-bond donors (Lipinski definition) is 0. The maximum Gasteiger partial charge on any atom is 0.266 e. The molecule has 0 bridgehead atoms. The standard InChI is InChI=1S/C27H29N3O3/c1-5-24(29(26(31)18(2)3)17-21-9-8-16-33-21)25-28-23-11-7-6-10-22(23)27(32)30(25)20-14-12-19(4)13-15-20/h6-16,18,24H,5,17H2,1-4H3. The number of para-hydroxylation sites is 1. The van der Waals surface area contributed by atoms with Crippen molar-refractivity contribution in [3.05, 3.63) is 94.4 Å². The number of carbonyl (C=O) groups excluding carboxylic acids is 1. The molecule has 2 aromatic heterocycles. The number of hydrogen-bond acceptors (Lipinski definition) is 4. The lowest BCUT2D eigenvalue weighted by Gasteiger charge is -2.33. The highest BCUT2D eigenvalue weighted by atomic mass is 16.3. The molecule has 2 aromatic carbocycles. The summed E-state index contributed by atoms with van der Waals surface area (Å²) in [6.45, 7) is 8.08. The predicted molar refractivity (Wildman–Crippen MR) is 129 cm³/mol. The second-order valence-electron chi connectivity index (χ2n) is 8.59. The monoisotopic (exact) mass is 443 g/mol. The second-order valence-corrected chi connectivity index (χ2v) is 8.59. The minimum atomic E-state index is -0.413. The molecule has 2 heterocycles. The van der Waals surface area contributed by atoms with E-state index in [2.05, 4.69) is 0 Å². The van der Waals surface area contributed by atoms with Gasteiger partial charge in [0.2, 0.25) is 5.91 Å². The molecule has 1 unspecified atom stereocenters. The average molecular weight is 444 g/mol. The minimum absolute atomic E-state index is 0.0175. The van der Waals surface area contributed by atoms with Crippen LogP contribution in [0.4, 0.5) is 0 Å². The van der Waals surface area contributed by atoms with Crippen molar-refractivity contribution in [3.63, 3.8) is 0 Å². The first-order valence-electron chi connectivity index (χ1n) is 11.3. The van der Waals surface area contributed by atoms with Gasteiger partial charge in [-0.15, -0.1) is 0 Å². The summed E-state index contributed by atoms with van der Waals surface area (Å²) in [7, 11) is 0. The Balaban J connectivity index is 1.96. The van der Waals surface area contributed by atoms with Crippen molar-refractivity contribution in [2.24, 2.45) is 5.92 Å². The molecule has 0 saturated heterocycles. The zero-order valence-corrected chi connectivity index (χ0v) is 19.5. The number of benzene rings is 2.